The van der Waals surface area contributed by atoms with Gasteiger partial charge in [-0.05, 0) is 12.1 Å². The maximum Gasteiger partial charge on any atom is 0.358 e. The van der Waals surface area contributed by atoms with E-state index in [2.05, 4.69) is 10.1 Å². The smallest absolute Gasteiger partial charge is 0.358 e. The monoisotopic (exact) mass is 258 g/mol. The van der Waals surface area contributed by atoms with E-state index in [0.29, 0.717) is 24.8 Å². The lowest BCUT2D eigenvalue weighted by molar-refractivity contribution is 0.0686. The van der Waals surface area contributed by atoms with Crippen molar-refractivity contribution in [3.05, 3.63) is 41.6 Å². The molecule has 0 unspecified atom stereocenters. The van der Waals surface area contributed by atoms with Gasteiger partial charge in [-0.3, -0.25) is 0 Å². The van der Waals surface area contributed by atoms with E-state index >= 15 is 0 Å². The molecule has 3 rings (SSSR count). The van der Waals surface area contributed by atoms with Crippen LogP contribution in [0.2, 0.25) is 0 Å². The van der Waals surface area contributed by atoms with Crippen molar-refractivity contribution < 1.29 is 19.2 Å². The van der Waals surface area contributed by atoms with E-state index in [0.717, 1.165) is 11.1 Å². The SMILES string of the molecule is O=C(O)c1cc(-c2cccc(C3=NCCO3)c2)on1. The number of hydrogen-bond donors (Lipinski definition) is 1. The predicted molar refractivity (Wildman–Crippen MR) is 66.3 cm³/mol. The summed E-state index contributed by atoms with van der Waals surface area (Å²) in [6.07, 6.45) is 0. The topological polar surface area (TPSA) is 84.9 Å². The number of nitrogens with zero attached hydrogens (tertiary/aromatic N) is 2. The Hall–Kier alpha value is -2.63. The van der Waals surface area contributed by atoms with Crippen LogP contribution in [0.3, 0.4) is 0 Å². The Morgan fingerprint density at radius 2 is 2.11 bits per heavy atom. The lowest BCUT2D eigenvalue weighted by Crippen LogP contribution is -2.00. The predicted octanol–water partition coefficient (Wildman–Crippen LogP) is 1.82. The molecule has 1 aromatic carbocycles. The fraction of sp³-hybridized carbons (Fsp3) is 0.154. The number of carboxylic acid groups (broad SMARTS) is 1. The highest BCUT2D eigenvalue weighted by atomic mass is 16.5. The van der Waals surface area contributed by atoms with Crippen molar-refractivity contribution in [3.63, 3.8) is 0 Å². The zero-order valence-corrected chi connectivity index (χ0v) is 9.87. The van der Waals surface area contributed by atoms with Crippen molar-refractivity contribution in [1.29, 1.82) is 0 Å². The molecule has 0 bridgehead atoms. The van der Waals surface area contributed by atoms with Crippen molar-refractivity contribution in [2.24, 2.45) is 4.99 Å². The molecule has 6 heteroatoms. The van der Waals surface area contributed by atoms with Gasteiger partial charge >= 0.3 is 5.97 Å². The molecule has 1 aliphatic rings. The number of rotatable bonds is 3. The normalized spacial score (nSPS) is 14.0. The van der Waals surface area contributed by atoms with Gasteiger partial charge in [0.2, 0.25) is 5.90 Å². The average molecular weight is 258 g/mol. The van der Waals surface area contributed by atoms with Crippen LogP contribution in [0.5, 0.6) is 0 Å². The first-order chi connectivity index (χ1) is 9.24. The molecule has 96 valence electrons. The number of aromatic carboxylic acids is 1. The second-order valence-electron chi connectivity index (χ2n) is 4.00. The Bertz CT molecular complexity index is 660. The second kappa shape index (κ2) is 4.56. The molecule has 0 amide bonds. The molecule has 1 aliphatic heterocycles. The Kier molecular flexibility index (Phi) is 2.75. The van der Waals surface area contributed by atoms with Gasteiger partial charge in [0, 0.05) is 17.2 Å². The third-order valence-corrected chi connectivity index (χ3v) is 2.71. The summed E-state index contributed by atoms with van der Waals surface area (Å²) in [5.74, 6) is -0.118. The molecule has 1 aromatic heterocycles. The standard InChI is InChI=1S/C13H10N2O4/c16-13(17)10-7-11(19-15-10)8-2-1-3-9(6-8)12-14-4-5-18-12/h1-3,6-7H,4-5H2,(H,16,17). The summed E-state index contributed by atoms with van der Waals surface area (Å²) in [6, 6.07) is 8.74. The first kappa shape index (κ1) is 11.5. The van der Waals surface area contributed by atoms with Crippen LogP contribution in [0.15, 0.2) is 39.8 Å². The van der Waals surface area contributed by atoms with Gasteiger partial charge < -0.3 is 14.4 Å². The third-order valence-electron chi connectivity index (χ3n) is 2.71. The highest BCUT2D eigenvalue weighted by Crippen LogP contribution is 2.22. The summed E-state index contributed by atoms with van der Waals surface area (Å²) in [5, 5.41) is 12.3. The van der Waals surface area contributed by atoms with E-state index in [-0.39, 0.29) is 5.69 Å². The molecule has 0 spiro atoms. The van der Waals surface area contributed by atoms with Gasteiger partial charge in [0.25, 0.3) is 0 Å². The Labute approximate surface area is 108 Å². The number of carbonyl (C=O) groups is 1. The molecule has 0 aliphatic carbocycles. The van der Waals surface area contributed by atoms with E-state index < -0.39 is 5.97 Å². The van der Waals surface area contributed by atoms with Crippen LogP contribution in [0, 0.1) is 0 Å². The molecule has 1 N–H and O–H groups in total. The zero-order valence-electron chi connectivity index (χ0n) is 9.87. The van der Waals surface area contributed by atoms with E-state index in [1.54, 1.807) is 0 Å². The molecule has 0 saturated carbocycles. The zero-order chi connectivity index (χ0) is 13.2. The number of carboxylic acids is 1. The van der Waals surface area contributed by atoms with Gasteiger partial charge in [0.05, 0.1) is 6.54 Å². The Balaban J connectivity index is 1.96. The molecule has 2 aromatic rings. The minimum Gasteiger partial charge on any atom is -0.476 e. The van der Waals surface area contributed by atoms with Crippen molar-refractivity contribution in [2.75, 3.05) is 13.2 Å². The molecule has 6 nitrogen and oxygen atoms in total. The average Bonchev–Trinajstić information content (AvgIpc) is 3.10. The Morgan fingerprint density at radius 3 is 2.79 bits per heavy atom. The first-order valence-electron chi connectivity index (χ1n) is 5.72. The van der Waals surface area contributed by atoms with Crippen LogP contribution in [0.25, 0.3) is 11.3 Å². The molecular weight excluding hydrogens is 248 g/mol. The van der Waals surface area contributed by atoms with Crippen molar-refractivity contribution in [3.8, 4) is 11.3 Å². The number of aliphatic imine (C=N–C) groups is 1. The van der Waals surface area contributed by atoms with Gasteiger partial charge in [-0.2, -0.15) is 0 Å². The van der Waals surface area contributed by atoms with Gasteiger partial charge in [0.15, 0.2) is 11.5 Å². The number of benzene rings is 1. The highest BCUT2D eigenvalue weighted by Gasteiger charge is 2.15. The lowest BCUT2D eigenvalue weighted by Gasteiger charge is -2.02. The summed E-state index contributed by atoms with van der Waals surface area (Å²) in [5.41, 5.74) is 1.45. The largest absolute Gasteiger partial charge is 0.476 e. The van der Waals surface area contributed by atoms with Crippen molar-refractivity contribution >= 4 is 11.9 Å². The molecule has 2 heterocycles. The molecular formula is C13H10N2O4. The summed E-state index contributed by atoms with van der Waals surface area (Å²) in [7, 11) is 0. The van der Waals surface area contributed by atoms with Gasteiger partial charge in [-0.25, -0.2) is 9.79 Å². The van der Waals surface area contributed by atoms with Gasteiger partial charge in [-0.1, -0.05) is 17.3 Å². The molecule has 0 atom stereocenters. The summed E-state index contributed by atoms with van der Waals surface area (Å²) in [6.45, 7) is 1.25. The van der Waals surface area contributed by atoms with Crippen molar-refractivity contribution in [1.82, 2.24) is 5.16 Å². The molecule has 0 fully saturated rings. The Morgan fingerprint density at radius 1 is 1.26 bits per heavy atom. The van der Waals surface area contributed by atoms with E-state index in [1.165, 1.54) is 6.07 Å². The second-order valence-corrected chi connectivity index (χ2v) is 4.00. The summed E-state index contributed by atoms with van der Waals surface area (Å²) in [4.78, 5) is 15.0. The van der Waals surface area contributed by atoms with E-state index in [1.807, 2.05) is 24.3 Å². The van der Waals surface area contributed by atoms with Crippen LogP contribution >= 0.6 is 0 Å². The van der Waals surface area contributed by atoms with E-state index in [4.69, 9.17) is 14.4 Å². The first-order valence-corrected chi connectivity index (χ1v) is 5.72. The third kappa shape index (κ3) is 2.20. The minimum atomic E-state index is -1.12. The van der Waals surface area contributed by atoms with Crippen LogP contribution in [-0.2, 0) is 4.74 Å². The fourth-order valence-corrected chi connectivity index (χ4v) is 1.83. The van der Waals surface area contributed by atoms with Crippen LogP contribution in [-0.4, -0.2) is 35.3 Å². The summed E-state index contributed by atoms with van der Waals surface area (Å²) >= 11 is 0. The maximum absolute atomic E-state index is 10.8. The lowest BCUT2D eigenvalue weighted by atomic mass is 10.1. The van der Waals surface area contributed by atoms with Gasteiger partial charge in [-0.15, -0.1) is 0 Å². The fourth-order valence-electron chi connectivity index (χ4n) is 1.83. The quantitative estimate of drug-likeness (QED) is 0.907. The molecule has 0 saturated heterocycles. The van der Waals surface area contributed by atoms with E-state index in [9.17, 15) is 4.79 Å². The number of hydrogen-bond acceptors (Lipinski definition) is 5. The van der Waals surface area contributed by atoms with Crippen molar-refractivity contribution in [2.45, 2.75) is 0 Å². The van der Waals surface area contributed by atoms with Crippen LogP contribution < -0.4 is 0 Å². The molecule has 0 radical (unpaired) electrons. The maximum atomic E-state index is 10.8. The molecule has 19 heavy (non-hydrogen) atoms. The highest BCUT2D eigenvalue weighted by molar-refractivity contribution is 5.96. The van der Waals surface area contributed by atoms with Crippen LogP contribution in [0.4, 0.5) is 0 Å². The number of aromatic nitrogens is 1. The van der Waals surface area contributed by atoms with Crippen LogP contribution in [0.1, 0.15) is 16.1 Å². The number of ether oxygens (including phenoxy) is 1. The minimum absolute atomic E-state index is 0.116. The summed E-state index contributed by atoms with van der Waals surface area (Å²) < 4.78 is 10.4. The van der Waals surface area contributed by atoms with Gasteiger partial charge in [0.1, 0.15) is 6.61 Å².